The Hall–Kier alpha value is -5.99. The minimum atomic E-state index is -1.37. The summed E-state index contributed by atoms with van der Waals surface area (Å²) < 4.78 is 4.74. The fourth-order valence-electron chi connectivity index (χ4n) is 4.23. The fourth-order valence-corrected chi connectivity index (χ4v) is 5.92. The van der Waals surface area contributed by atoms with E-state index in [4.69, 9.17) is 36.6 Å². The van der Waals surface area contributed by atoms with Crippen LogP contribution in [0.2, 0.25) is 0 Å². The van der Waals surface area contributed by atoms with Crippen molar-refractivity contribution >= 4 is 100 Å². The van der Waals surface area contributed by atoms with Crippen molar-refractivity contribution in [3.63, 3.8) is 0 Å². The Morgan fingerprint density at radius 2 is 1.00 bits per heavy atom. The molecule has 26 heteroatoms. The van der Waals surface area contributed by atoms with Gasteiger partial charge in [0, 0.05) is 35.7 Å². The first-order valence-corrected chi connectivity index (χ1v) is 19.1. The molecule has 0 aliphatic carbocycles. The van der Waals surface area contributed by atoms with Crippen LogP contribution in [0.3, 0.4) is 0 Å². The van der Waals surface area contributed by atoms with Gasteiger partial charge >= 0.3 is 29.8 Å². The van der Waals surface area contributed by atoms with Gasteiger partial charge in [0.15, 0.2) is 0 Å². The molecule has 14 N–H and O–H groups in total. The van der Waals surface area contributed by atoms with Gasteiger partial charge in [-0.05, 0) is 31.0 Å². The molecular weight excluding hydrogens is 817 g/mol. The SMILES string of the molecule is COC(=O)c1cc(NC(=O)CSCC(NC(=O)CCC(N)C(=O)O)C(=O)NCC(=O)O)cc(NC(=O)CSCC(NC(=O)CCC(N)C(=O)O)C(=O)NCC(=O)O)c1. The summed E-state index contributed by atoms with van der Waals surface area (Å²) in [6.07, 6.45) is -1.24. The zero-order valence-electron chi connectivity index (χ0n) is 30.8. The Labute approximate surface area is 337 Å². The third kappa shape index (κ3) is 20.8. The molecule has 0 bridgehead atoms. The van der Waals surface area contributed by atoms with Crippen LogP contribution in [0.25, 0.3) is 0 Å². The molecule has 320 valence electrons. The summed E-state index contributed by atoms with van der Waals surface area (Å²) >= 11 is 1.70. The first-order valence-electron chi connectivity index (χ1n) is 16.7. The number of anilines is 2. The second-order valence-corrected chi connectivity index (χ2v) is 13.9. The summed E-state index contributed by atoms with van der Waals surface area (Å²) in [5, 5.41) is 49.5. The van der Waals surface area contributed by atoms with E-state index in [0.717, 1.165) is 30.6 Å². The fraction of sp³-hybridized carbons (Fsp3) is 0.469. The number of nitrogens with two attached hydrogens (primary N) is 2. The van der Waals surface area contributed by atoms with Crippen molar-refractivity contribution in [3.8, 4) is 0 Å². The topological polar surface area (TPSA) is 402 Å². The van der Waals surface area contributed by atoms with Gasteiger partial charge in [0.2, 0.25) is 35.4 Å². The molecule has 0 fully saturated rings. The maximum atomic E-state index is 12.8. The lowest BCUT2D eigenvalue weighted by molar-refractivity contribution is -0.140. The van der Waals surface area contributed by atoms with E-state index >= 15 is 0 Å². The van der Waals surface area contributed by atoms with E-state index < -0.39 is 103 Å². The number of nitrogens with one attached hydrogen (secondary N) is 6. The monoisotopic (exact) mass is 860 g/mol. The Morgan fingerprint density at radius 3 is 1.33 bits per heavy atom. The van der Waals surface area contributed by atoms with Crippen molar-refractivity contribution in [2.24, 2.45) is 11.5 Å². The van der Waals surface area contributed by atoms with Crippen molar-refractivity contribution in [3.05, 3.63) is 23.8 Å². The lowest BCUT2D eigenvalue weighted by Crippen LogP contribution is -2.49. The number of ether oxygens (including phenoxy) is 1. The molecule has 0 heterocycles. The first-order chi connectivity index (χ1) is 27.2. The standard InChI is InChI=1S/C32H44N8O16S2/c1-56-32(55)15-6-16(37-24(43)13-57-11-20(28(49)35-9-26(45)46)39-22(41)4-2-18(33)30(51)52)8-17(7-15)38-25(44)14-58-12-21(29(50)36-10-27(47)48)40-23(42)5-3-19(34)31(53)54/h6-8,18-21H,2-5,9-14,33-34H2,1H3,(H,35,49)(H,36,50)(H,37,43)(H,38,44)(H,39,41)(H,40,42)(H,45,46)(H,47,48)(H,51,52)(H,53,54). The molecule has 1 aromatic rings. The Balaban J connectivity index is 2.96. The maximum Gasteiger partial charge on any atom is 0.337 e. The molecule has 0 aliphatic heterocycles. The normalized spacial score (nSPS) is 12.6. The highest BCUT2D eigenvalue weighted by molar-refractivity contribution is 8.00. The van der Waals surface area contributed by atoms with Crippen molar-refractivity contribution in [1.82, 2.24) is 21.3 Å². The average Bonchev–Trinajstić information content (AvgIpc) is 3.15. The summed E-state index contributed by atoms with van der Waals surface area (Å²) in [5.41, 5.74) is 10.7. The molecule has 0 aromatic heterocycles. The number of carbonyl (C=O) groups is 11. The van der Waals surface area contributed by atoms with Crippen molar-refractivity contribution < 1.29 is 77.9 Å². The van der Waals surface area contributed by atoms with E-state index in [9.17, 15) is 52.7 Å². The lowest BCUT2D eigenvalue weighted by Gasteiger charge is -2.18. The Kier molecular flexibility index (Phi) is 22.5. The van der Waals surface area contributed by atoms with Crippen molar-refractivity contribution in [2.75, 3.05) is 53.8 Å². The number of aliphatic carboxylic acids is 4. The van der Waals surface area contributed by atoms with Crippen LogP contribution >= 0.6 is 23.5 Å². The number of esters is 1. The van der Waals surface area contributed by atoms with Gasteiger partial charge < -0.3 is 68.5 Å². The maximum absolute atomic E-state index is 12.8. The van der Waals surface area contributed by atoms with E-state index in [0.29, 0.717) is 0 Å². The number of carboxylic acids is 4. The molecule has 1 aromatic carbocycles. The molecule has 6 amide bonds. The largest absolute Gasteiger partial charge is 0.480 e. The van der Waals surface area contributed by atoms with E-state index in [1.807, 2.05) is 0 Å². The highest BCUT2D eigenvalue weighted by Gasteiger charge is 2.25. The van der Waals surface area contributed by atoms with Crippen LogP contribution in [-0.2, 0) is 52.7 Å². The molecule has 0 aliphatic rings. The predicted octanol–water partition coefficient (Wildman–Crippen LogP) is -3.43. The summed E-state index contributed by atoms with van der Waals surface area (Å²) in [6, 6.07) is -1.60. The van der Waals surface area contributed by atoms with E-state index in [2.05, 4.69) is 31.9 Å². The number of methoxy groups -OCH3 is 1. The molecule has 4 unspecified atom stereocenters. The molecule has 24 nitrogen and oxygen atoms in total. The Morgan fingerprint density at radius 1 is 0.621 bits per heavy atom. The minimum Gasteiger partial charge on any atom is -0.480 e. The number of carbonyl (C=O) groups excluding carboxylic acids is 7. The van der Waals surface area contributed by atoms with Crippen LogP contribution in [0.4, 0.5) is 11.4 Å². The number of carboxylic acid groups (broad SMARTS) is 4. The van der Waals surface area contributed by atoms with Crippen LogP contribution < -0.4 is 43.4 Å². The first kappa shape index (κ1) is 50.0. The average molecular weight is 861 g/mol. The smallest absolute Gasteiger partial charge is 0.337 e. The molecule has 4 atom stereocenters. The van der Waals surface area contributed by atoms with Crippen LogP contribution in [-0.4, -0.2) is 153 Å². The second kappa shape index (κ2) is 26.0. The van der Waals surface area contributed by atoms with E-state index in [-0.39, 0.29) is 65.6 Å². The van der Waals surface area contributed by atoms with Crippen LogP contribution in [0.15, 0.2) is 18.2 Å². The molecule has 0 spiro atoms. The lowest BCUT2D eigenvalue weighted by atomic mass is 10.1. The summed E-state index contributed by atoms with van der Waals surface area (Å²) in [5.74, 6) is -12.1. The number of rotatable bonds is 27. The molecular formula is C32H44N8O16S2. The predicted molar refractivity (Wildman–Crippen MR) is 205 cm³/mol. The van der Waals surface area contributed by atoms with Gasteiger partial charge in [-0.1, -0.05) is 0 Å². The molecule has 0 saturated heterocycles. The van der Waals surface area contributed by atoms with Crippen LogP contribution in [0.1, 0.15) is 36.0 Å². The van der Waals surface area contributed by atoms with E-state index in [1.165, 1.54) is 18.2 Å². The third-order valence-electron chi connectivity index (χ3n) is 7.09. The summed E-state index contributed by atoms with van der Waals surface area (Å²) in [4.78, 5) is 132. The number of thioether (sulfide) groups is 2. The highest BCUT2D eigenvalue weighted by atomic mass is 32.2. The number of benzene rings is 1. The zero-order valence-corrected chi connectivity index (χ0v) is 32.4. The summed E-state index contributed by atoms with van der Waals surface area (Å²) in [7, 11) is 1.09. The van der Waals surface area contributed by atoms with Crippen molar-refractivity contribution in [1.29, 1.82) is 0 Å². The molecule has 0 radical (unpaired) electrons. The Bertz CT molecular complexity index is 1600. The van der Waals surface area contributed by atoms with Gasteiger partial charge in [0.1, 0.15) is 37.3 Å². The van der Waals surface area contributed by atoms with Crippen LogP contribution in [0, 0.1) is 0 Å². The van der Waals surface area contributed by atoms with Crippen LogP contribution in [0.5, 0.6) is 0 Å². The number of hydrogen-bond acceptors (Lipinski definition) is 16. The van der Waals surface area contributed by atoms with Gasteiger partial charge in [-0.15, -0.1) is 23.5 Å². The van der Waals surface area contributed by atoms with E-state index in [1.54, 1.807) is 0 Å². The minimum absolute atomic E-state index is 0.00997. The van der Waals surface area contributed by atoms with Gasteiger partial charge in [0.25, 0.3) is 0 Å². The number of amides is 6. The van der Waals surface area contributed by atoms with Crippen molar-refractivity contribution in [2.45, 2.75) is 49.9 Å². The highest BCUT2D eigenvalue weighted by Crippen LogP contribution is 2.21. The molecule has 1 rings (SSSR count). The summed E-state index contributed by atoms with van der Waals surface area (Å²) in [6.45, 7) is -1.54. The molecule has 58 heavy (non-hydrogen) atoms. The quantitative estimate of drug-likeness (QED) is 0.0383. The number of hydrogen-bond donors (Lipinski definition) is 12. The van der Waals surface area contributed by atoms with Gasteiger partial charge in [-0.2, -0.15) is 0 Å². The second-order valence-electron chi connectivity index (χ2n) is 11.8. The van der Waals surface area contributed by atoms with Gasteiger partial charge in [0.05, 0.1) is 24.2 Å². The third-order valence-corrected chi connectivity index (χ3v) is 9.16. The molecule has 0 saturated carbocycles. The van der Waals surface area contributed by atoms with Gasteiger partial charge in [-0.3, -0.25) is 47.9 Å². The van der Waals surface area contributed by atoms with Gasteiger partial charge in [-0.25, -0.2) is 4.79 Å². The zero-order chi connectivity index (χ0) is 43.9.